The molecule has 1 heterocycles. The van der Waals surface area contributed by atoms with Gasteiger partial charge in [0, 0.05) is 23.5 Å². The molecule has 6 nitrogen and oxygen atoms in total. The van der Waals surface area contributed by atoms with Crippen LogP contribution in [0.2, 0.25) is 0 Å². The van der Waals surface area contributed by atoms with E-state index in [1.54, 1.807) is 24.3 Å². The van der Waals surface area contributed by atoms with Gasteiger partial charge in [-0.2, -0.15) is 0 Å². The number of hydrogen-bond donors (Lipinski definition) is 4. The highest BCUT2D eigenvalue weighted by molar-refractivity contribution is 5.86. The minimum Gasteiger partial charge on any atom is -0.508 e. The Morgan fingerprint density at radius 2 is 1.88 bits per heavy atom. The molecule has 6 heteroatoms. The highest BCUT2D eigenvalue weighted by Gasteiger charge is 2.20. The predicted molar refractivity (Wildman–Crippen MR) is 99.4 cm³/mol. The van der Waals surface area contributed by atoms with Gasteiger partial charge in [0.05, 0.1) is 12.1 Å². The number of para-hydroxylation sites is 1. The summed E-state index contributed by atoms with van der Waals surface area (Å²) >= 11 is 0. The van der Waals surface area contributed by atoms with E-state index < -0.39 is 18.0 Å². The average Bonchev–Trinajstić information content (AvgIpc) is 3.06. The largest absolute Gasteiger partial charge is 0.508 e. The SMILES string of the molecule is N[C@@H](Cc1ccc(O)cc1)C(=O)N[C@H]([C]=O)Cc1c[nH]c2ccccc12. The first-order valence-corrected chi connectivity index (χ1v) is 8.33. The zero-order valence-corrected chi connectivity index (χ0v) is 14.1. The number of aromatic hydroxyl groups is 1. The van der Waals surface area contributed by atoms with Gasteiger partial charge in [-0.25, -0.2) is 0 Å². The summed E-state index contributed by atoms with van der Waals surface area (Å²) in [5, 5.41) is 13.0. The lowest BCUT2D eigenvalue weighted by molar-refractivity contribution is -0.122. The first kappa shape index (κ1) is 17.7. The molecule has 0 aliphatic carbocycles. The Morgan fingerprint density at radius 1 is 1.15 bits per heavy atom. The highest BCUT2D eigenvalue weighted by Crippen LogP contribution is 2.19. The van der Waals surface area contributed by atoms with Gasteiger partial charge < -0.3 is 21.1 Å². The molecule has 3 rings (SSSR count). The van der Waals surface area contributed by atoms with Gasteiger partial charge in [-0.05, 0) is 35.7 Å². The second kappa shape index (κ2) is 7.84. The molecule has 0 aliphatic heterocycles. The molecule has 133 valence electrons. The molecule has 0 saturated carbocycles. The molecule has 0 bridgehead atoms. The number of carbonyl (C=O) groups is 1. The third-order valence-electron chi connectivity index (χ3n) is 4.29. The Hall–Kier alpha value is -3.12. The van der Waals surface area contributed by atoms with Gasteiger partial charge in [0.15, 0.2) is 0 Å². The summed E-state index contributed by atoms with van der Waals surface area (Å²) in [4.78, 5) is 26.7. The number of aromatic amines is 1. The fraction of sp³-hybridized carbons (Fsp3) is 0.200. The van der Waals surface area contributed by atoms with Crippen LogP contribution in [0, 0.1) is 0 Å². The number of fused-ring (bicyclic) bond motifs is 1. The number of phenolic OH excluding ortho intramolecular Hbond substituents is 1. The van der Waals surface area contributed by atoms with Crippen molar-refractivity contribution >= 4 is 23.1 Å². The second-order valence-corrected chi connectivity index (χ2v) is 6.22. The summed E-state index contributed by atoms with van der Waals surface area (Å²) in [7, 11) is 0. The third-order valence-corrected chi connectivity index (χ3v) is 4.29. The normalized spacial score (nSPS) is 13.3. The van der Waals surface area contributed by atoms with Crippen molar-refractivity contribution in [3.63, 3.8) is 0 Å². The summed E-state index contributed by atoms with van der Waals surface area (Å²) in [5.41, 5.74) is 8.68. The Balaban J connectivity index is 1.62. The maximum absolute atomic E-state index is 12.3. The van der Waals surface area contributed by atoms with Crippen molar-refractivity contribution < 1.29 is 14.7 Å². The van der Waals surface area contributed by atoms with Crippen molar-refractivity contribution in [3.8, 4) is 5.75 Å². The fourth-order valence-electron chi connectivity index (χ4n) is 2.90. The van der Waals surface area contributed by atoms with Gasteiger partial charge in [-0.15, -0.1) is 0 Å². The van der Waals surface area contributed by atoms with Gasteiger partial charge in [0.2, 0.25) is 12.2 Å². The molecule has 0 unspecified atom stereocenters. The summed E-state index contributed by atoms with van der Waals surface area (Å²) in [6.45, 7) is 0. The number of carbonyl (C=O) groups excluding carboxylic acids is 2. The van der Waals surface area contributed by atoms with Crippen LogP contribution in [0.1, 0.15) is 11.1 Å². The molecule has 2 atom stereocenters. The number of rotatable bonds is 7. The molecule has 2 aromatic carbocycles. The first-order chi connectivity index (χ1) is 12.6. The van der Waals surface area contributed by atoms with Crippen LogP contribution in [0.4, 0.5) is 0 Å². The molecule has 0 fully saturated rings. The topological polar surface area (TPSA) is 108 Å². The zero-order chi connectivity index (χ0) is 18.5. The van der Waals surface area contributed by atoms with Gasteiger partial charge in [0.25, 0.3) is 0 Å². The molecule has 1 aromatic heterocycles. The zero-order valence-electron chi connectivity index (χ0n) is 14.1. The fourth-order valence-corrected chi connectivity index (χ4v) is 2.90. The molecule has 0 saturated heterocycles. The van der Waals surface area contributed by atoms with Crippen LogP contribution in [0.15, 0.2) is 54.7 Å². The van der Waals surface area contributed by atoms with E-state index in [-0.39, 0.29) is 5.75 Å². The molecule has 5 N–H and O–H groups in total. The van der Waals surface area contributed by atoms with Gasteiger partial charge in [-0.1, -0.05) is 30.3 Å². The molecule has 1 radical (unpaired) electrons. The van der Waals surface area contributed by atoms with Crippen molar-refractivity contribution in [1.82, 2.24) is 10.3 Å². The predicted octanol–water partition coefficient (Wildman–Crippen LogP) is 1.58. The highest BCUT2D eigenvalue weighted by atomic mass is 16.3. The van der Waals surface area contributed by atoms with E-state index in [0.717, 1.165) is 22.0 Å². The minimum atomic E-state index is -0.793. The van der Waals surface area contributed by atoms with Crippen LogP contribution in [-0.4, -0.2) is 34.4 Å². The van der Waals surface area contributed by atoms with Crippen molar-refractivity contribution in [2.45, 2.75) is 24.9 Å². The monoisotopic (exact) mass is 350 g/mol. The van der Waals surface area contributed by atoms with Crippen molar-refractivity contribution in [2.24, 2.45) is 5.73 Å². The molecule has 0 aliphatic rings. The minimum absolute atomic E-state index is 0.154. The number of benzene rings is 2. The summed E-state index contributed by atoms with van der Waals surface area (Å²) in [6.07, 6.45) is 4.36. The number of aromatic nitrogens is 1. The Kier molecular flexibility index (Phi) is 5.34. The summed E-state index contributed by atoms with van der Waals surface area (Å²) in [6, 6.07) is 12.7. The summed E-state index contributed by atoms with van der Waals surface area (Å²) < 4.78 is 0. The van der Waals surface area contributed by atoms with E-state index in [1.165, 1.54) is 0 Å². The summed E-state index contributed by atoms with van der Waals surface area (Å²) in [5.74, 6) is -0.257. The molecular weight excluding hydrogens is 330 g/mol. The van der Waals surface area contributed by atoms with E-state index in [4.69, 9.17) is 5.73 Å². The van der Waals surface area contributed by atoms with Gasteiger partial charge in [-0.3, -0.25) is 9.59 Å². The third kappa shape index (κ3) is 4.10. The Bertz CT molecular complexity index is 902. The number of amides is 1. The standard InChI is InChI=1S/C20H20N3O3/c21-18(9-13-5-7-16(25)8-6-13)20(26)23-15(12-24)10-14-11-22-19-4-2-1-3-17(14)19/h1-8,11,15,18,22,25H,9-10,21H2,(H,23,26)/t15-,18-/m0/s1. The van der Waals surface area contributed by atoms with E-state index in [1.807, 2.05) is 36.7 Å². The van der Waals surface area contributed by atoms with Crippen molar-refractivity contribution in [1.29, 1.82) is 0 Å². The van der Waals surface area contributed by atoms with Crippen molar-refractivity contribution in [3.05, 3.63) is 65.9 Å². The van der Waals surface area contributed by atoms with Crippen LogP contribution >= 0.6 is 0 Å². The van der Waals surface area contributed by atoms with Crippen LogP contribution < -0.4 is 11.1 Å². The number of H-pyrrole nitrogens is 1. The van der Waals surface area contributed by atoms with Gasteiger partial charge in [0.1, 0.15) is 5.75 Å². The average molecular weight is 350 g/mol. The molecule has 26 heavy (non-hydrogen) atoms. The van der Waals surface area contributed by atoms with Crippen LogP contribution in [0.3, 0.4) is 0 Å². The quantitative estimate of drug-likeness (QED) is 0.519. The second-order valence-electron chi connectivity index (χ2n) is 6.22. The molecule has 0 spiro atoms. The molecule has 1 amide bonds. The van der Waals surface area contributed by atoms with E-state index in [0.29, 0.717) is 12.8 Å². The lowest BCUT2D eigenvalue weighted by Crippen LogP contribution is -2.47. The van der Waals surface area contributed by atoms with Crippen LogP contribution in [0.5, 0.6) is 5.75 Å². The maximum atomic E-state index is 12.3. The van der Waals surface area contributed by atoms with Crippen molar-refractivity contribution in [2.75, 3.05) is 0 Å². The lowest BCUT2D eigenvalue weighted by Gasteiger charge is -2.16. The lowest BCUT2D eigenvalue weighted by atomic mass is 10.0. The number of hydrogen-bond acceptors (Lipinski definition) is 4. The van der Waals surface area contributed by atoms with E-state index >= 15 is 0 Å². The number of phenols is 1. The van der Waals surface area contributed by atoms with Crippen LogP contribution in [0.25, 0.3) is 10.9 Å². The number of nitrogens with one attached hydrogen (secondary N) is 2. The Labute approximate surface area is 151 Å². The molecule has 3 aromatic rings. The van der Waals surface area contributed by atoms with E-state index in [9.17, 15) is 14.7 Å². The van der Waals surface area contributed by atoms with Gasteiger partial charge >= 0.3 is 0 Å². The first-order valence-electron chi connectivity index (χ1n) is 8.33. The van der Waals surface area contributed by atoms with E-state index in [2.05, 4.69) is 10.3 Å². The van der Waals surface area contributed by atoms with Crippen LogP contribution in [-0.2, 0) is 22.4 Å². The number of nitrogens with two attached hydrogens (primary N) is 1. The Morgan fingerprint density at radius 3 is 2.62 bits per heavy atom. The maximum Gasteiger partial charge on any atom is 0.237 e. The molecular formula is C20H20N3O3. The smallest absolute Gasteiger partial charge is 0.237 e.